The number of ether oxygens (including phenoxy) is 3. The van der Waals surface area contributed by atoms with Crippen molar-refractivity contribution in [1.29, 1.82) is 5.26 Å². The Morgan fingerprint density at radius 1 is 0.879 bits per heavy atom. The summed E-state index contributed by atoms with van der Waals surface area (Å²) in [6, 6.07) is 30.9. The number of thioether (sulfide) groups is 1. The molecule has 1 aliphatic rings. The zero-order valence-electron chi connectivity index (χ0n) is 33.3. The first kappa shape index (κ1) is 41.6. The highest BCUT2D eigenvalue weighted by molar-refractivity contribution is 8.00. The number of rotatable bonds is 13. The van der Waals surface area contributed by atoms with Crippen LogP contribution in [0.1, 0.15) is 69.9 Å². The number of amides is 3. The van der Waals surface area contributed by atoms with Crippen molar-refractivity contribution in [3.8, 4) is 23.3 Å². The molecule has 0 spiro atoms. The molecule has 58 heavy (non-hydrogen) atoms. The monoisotopic (exact) mass is 814 g/mol. The number of methoxy groups -OCH3 is 3. The van der Waals surface area contributed by atoms with Crippen molar-refractivity contribution in [2.24, 2.45) is 11.3 Å². The van der Waals surface area contributed by atoms with Gasteiger partial charge in [0.2, 0.25) is 11.7 Å². The maximum Gasteiger partial charge on any atom is 0.272 e. The molecule has 3 N–H and O–H groups in total. The zero-order chi connectivity index (χ0) is 41.4. The number of hydrogen-bond donors (Lipinski definition) is 3. The molecule has 2 atom stereocenters. The molecule has 298 valence electrons. The second-order valence-corrected chi connectivity index (χ2v) is 17.1. The highest BCUT2D eigenvalue weighted by atomic mass is 32.2. The fourth-order valence-electron chi connectivity index (χ4n) is 6.89. The molecule has 1 heterocycles. The first-order valence-corrected chi connectivity index (χ1v) is 20.5. The number of nitrogens with zero attached hydrogens (tertiary/aromatic N) is 1. The third kappa shape index (κ3) is 9.73. The average molecular weight is 815 g/mol. The Balaban J connectivity index is 1.27. The van der Waals surface area contributed by atoms with E-state index in [2.05, 4.69) is 42.8 Å². The molecule has 10 nitrogen and oxygen atoms in total. The number of anilines is 2. The zero-order valence-corrected chi connectivity index (χ0v) is 34.9. The number of nitriles is 1. The summed E-state index contributed by atoms with van der Waals surface area (Å²) in [5.41, 5.74) is 3.81. The SMILES string of the molecule is COc1cc(/C=C(/NC(=O)c2ccccc2)C(=O)Nc2cccc(SC(C(=O)Nc3sc4c(c3C#N)CCC(C(C)(C)C)C4)c3ccccc3)c2)cc(OC)c1OC. The maximum absolute atomic E-state index is 14.2. The molecule has 2 unspecified atom stereocenters. The molecule has 4 aromatic carbocycles. The minimum Gasteiger partial charge on any atom is -0.493 e. The van der Waals surface area contributed by atoms with Gasteiger partial charge in [0.15, 0.2) is 11.5 Å². The summed E-state index contributed by atoms with van der Waals surface area (Å²) in [5.74, 6) is 0.309. The van der Waals surface area contributed by atoms with Gasteiger partial charge in [-0.2, -0.15) is 5.26 Å². The number of fused-ring (bicyclic) bond motifs is 1. The van der Waals surface area contributed by atoms with Gasteiger partial charge in [0.05, 0.1) is 26.9 Å². The van der Waals surface area contributed by atoms with Crippen LogP contribution in [0, 0.1) is 22.7 Å². The minimum absolute atomic E-state index is 0.0384. The lowest BCUT2D eigenvalue weighted by molar-refractivity contribution is -0.116. The number of carbonyl (C=O) groups excluding carboxylic acids is 3. The van der Waals surface area contributed by atoms with Crippen molar-refractivity contribution in [2.75, 3.05) is 32.0 Å². The van der Waals surface area contributed by atoms with Crippen molar-refractivity contribution < 1.29 is 28.6 Å². The molecule has 0 saturated heterocycles. The van der Waals surface area contributed by atoms with E-state index in [4.69, 9.17) is 14.2 Å². The lowest BCUT2D eigenvalue weighted by Gasteiger charge is -2.33. The number of benzene rings is 4. The quantitative estimate of drug-likeness (QED) is 0.0789. The predicted molar refractivity (Wildman–Crippen MR) is 231 cm³/mol. The van der Waals surface area contributed by atoms with E-state index in [1.165, 1.54) is 55.4 Å². The van der Waals surface area contributed by atoms with Gasteiger partial charge >= 0.3 is 0 Å². The summed E-state index contributed by atoms with van der Waals surface area (Å²) in [6.45, 7) is 6.76. The van der Waals surface area contributed by atoms with Crippen LogP contribution in [-0.4, -0.2) is 39.1 Å². The van der Waals surface area contributed by atoms with Gasteiger partial charge in [-0.1, -0.05) is 75.4 Å². The fourth-order valence-corrected chi connectivity index (χ4v) is 9.25. The van der Waals surface area contributed by atoms with Crippen LogP contribution in [0.3, 0.4) is 0 Å². The molecular weight excluding hydrogens is 769 g/mol. The molecule has 3 amide bonds. The van der Waals surface area contributed by atoms with Gasteiger partial charge < -0.3 is 30.2 Å². The van der Waals surface area contributed by atoms with Crippen LogP contribution in [0.15, 0.2) is 108 Å². The van der Waals surface area contributed by atoms with Crippen LogP contribution in [0.5, 0.6) is 17.2 Å². The van der Waals surface area contributed by atoms with Crippen molar-refractivity contribution in [1.82, 2.24) is 5.32 Å². The second-order valence-electron chi connectivity index (χ2n) is 14.8. The summed E-state index contributed by atoms with van der Waals surface area (Å²) in [4.78, 5) is 43.5. The largest absolute Gasteiger partial charge is 0.493 e. The van der Waals surface area contributed by atoms with Gasteiger partial charge in [-0.25, -0.2) is 0 Å². The molecule has 0 aliphatic heterocycles. The smallest absolute Gasteiger partial charge is 0.272 e. The number of thiophene rings is 1. The van der Waals surface area contributed by atoms with Crippen molar-refractivity contribution >= 4 is 57.6 Å². The summed E-state index contributed by atoms with van der Waals surface area (Å²) < 4.78 is 16.5. The molecule has 0 radical (unpaired) electrons. The summed E-state index contributed by atoms with van der Waals surface area (Å²) in [5, 5.41) is 18.9. The van der Waals surface area contributed by atoms with E-state index in [9.17, 15) is 19.6 Å². The average Bonchev–Trinajstić information content (AvgIpc) is 3.58. The van der Waals surface area contributed by atoms with Crippen molar-refractivity contribution in [3.05, 3.63) is 135 Å². The third-order valence-corrected chi connectivity index (χ3v) is 12.5. The van der Waals surface area contributed by atoms with Gasteiger partial charge in [-0.15, -0.1) is 23.1 Å². The van der Waals surface area contributed by atoms with Gasteiger partial charge in [-0.05, 0) is 95.8 Å². The van der Waals surface area contributed by atoms with E-state index in [1.807, 2.05) is 36.4 Å². The predicted octanol–water partition coefficient (Wildman–Crippen LogP) is 9.68. The Labute approximate surface area is 347 Å². The van der Waals surface area contributed by atoms with Crippen LogP contribution in [-0.2, 0) is 22.4 Å². The summed E-state index contributed by atoms with van der Waals surface area (Å²) >= 11 is 2.84. The fraction of sp³-hybridized carbons (Fsp3) is 0.261. The Hall–Kier alpha value is -6.03. The normalized spacial score (nSPS) is 14.3. The van der Waals surface area contributed by atoms with E-state index in [0.717, 1.165) is 30.4 Å². The highest BCUT2D eigenvalue weighted by Crippen LogP contribution is 2.45. The Kier molecular flexibility index (Phi) is 13.3. The van der Waals surface area contributed by atoms with E-state index in [1.54, 1.807) is 60.7 Å². The van der Waals surface area contributed by atoms with E-state index < -0.39 is 17.1 Å². The van der Waals surface area contributed by atoms with Crippen LogP contribution in [0.2, 0.25) is 0 Å². The highest BCUT2D eigenvalue weighted by Gasteiger charge is 2.33. The molecule has 0 saturated carbocycles. The Morgan fingerprint density at radius 3 is 2.17 bits per heavy atom. The topological polar surface area (TPSA) is 139 Å². The Bertz CT molecular complexity index is 2340. The molecule has 1 aromatic heterocycles. The second kappa shape index (κ2) is 18.5. The van der Waals surface area contributed by atoms with Crippen LogP contribution in [0.25, 0.3) is 6.08 Å². The van der Waals surface area contributed by atoms with Crippen molar-refractivity contribution in [3.63, 3.8) is 0 Å². The summed E-state index contributed by atoms with van der Waals surface area (Å²) in [6.07, 6.45) is 4.23. The van der Waals surface area contributed by atoms with Gasteiger partial charge in [0.25, 0.3) is 11.8 Å². The first-order valence-electron chi connectivity index (χ1n) is 18.8. The molecule has 6 rings (SSSR count). The molecule has 1 aliphatic carbocycles. The van der Waals surface area contributed by atoms with Gasteiger partial charge in [-0.3, -0.25) is 14.4 Å². The summed E-state index contributed by atoms with van der Waals surface area (Å²) in [7, 11) is 4.48. The minimum atomic E-state index is -0.680. The van der Waals surface area contributed by atoms with E-state index >= 15 is 0 Å². The lowest BCUT2D eigenvalue weighted by atomic mass is 9.72. The van der Waals surface area contributed by atoms with E-state index in [0.29, 0.717) is 55.4 Å². The first-order chi connectivity index (χ1) is 27.9. The van der Waals surface area contributed by atoms with Crippen LogP contribution < -0.4 is 30.2 Å². The number of hydrogen-bond acceptors (Lipinski definition) is 9. The standard InChI is InChI=1S/C46H46N4O6S2/c1-46(2,3)31-20-21-34-35(27-47)45(58-39(34)25-31)50-44(53)41(29-14-9-7-10-15-29)57-33-19-13-18-32(26-33)48-43(52)36(49-42(51)30-16-11-8-12-17-30)22-28-23-37(54-4)40(56-6)38(24-28)55-5/h7-19,22-24,26,31,41H,20-21,25H2,1-6H3,(H,48,52)(H,49,51)(H,50,53)/b36-22+. The number of carbonyl (C=O) groups is 3. The van der Waals surface area contributed by atoms with Gasteiger partial charge in [0, 0.05) is 21.0 Å². The molecular formula is C46H46N4O6S2. The van der Waals surface area contributed by atoms with E-state index in [-0.39, 0.29) is 17.0 Å². The molecule has 12 heteroatoms. The third-order valence-electron chi connectivity index (χ3n) is 10.1. The molecule has 0 fully saturated rings. The van der Waals surface area contributed by atoms with Crippen molar-refractivity contribution in [2.45, 2.75) is 50.2 Å². The number of nitrogens with one attached hydrogen (secondary N) is 3. The molecule has 5 aromatic rings. The van der Waals surface area contributed by atoms with Crippen LogP contribution >= 0.6 is 23.1 Å². The van der Waals surface area contributed by atoms with Crippen LogP contribution in [0.4, 0.5) is 10.7 Å². The van der Waals surface area contributed by atoms with Gasteiger partial charge in [0.1, 0.15) is 22.0 Å². The Morgan fingerprint density at radius 2 is 1.55 bits per heavy atom. The molecule has 0 bridgehead atoms. The lowest BCUT2D eigenvalue weighted by Crippen LogP contribution is -2.30. The maximum atomic E-state index is 14.2.